The van der Waals surface area contributed by atoms with E-state index in [1.165, 1.54) is 4.90 Å². The Kier molecular flexibility index (Phi) is 4.46. The standard InChI is InChI=1S/C23H23N3O4/c27-19(11-14-26-21(28)23(25-22(26)29)12-5-6-13-23)24-20-15-7-1-3-9-17(15)30-18-10-4-2-8-16(18)20/h1-4,7-10,20H,5-6,11-14H2,(H,24,27)(H,25,29). The molecule has 2 aromatic carbocycles. The van der Waals surface area contributed by atoms with Gasteiger partial charge in [-0.1, -0.05) is 49.2 Å². The third kappa shape index (κ3) is 3.01. The summed E-state index contributed by atoms with van der Waals surface area (Å²) in [5, 5.41) is 5.91. The van der Waals surface area contributed by atoms with Crippen molar-refractivity contribution in [3.05, 3.63) is 59.7 Å². The van der Waals surface area contributed by atoms with Crippen LogP contribution in [0.5, 0.6) is 11.5 Å². The fraction of sp³-hybridized carbons (Fsp3) is 0.348. The molecule has 154 valence electrons. The average molecular weight is 405 g/mol. The first-order chi connectivity index (χ1) is 14.6. The molecule has 7 nitrogen and oxygen atoms in total. The molecule has 2 aromatic rings. The SMILES string of the molecule is O=C(CCN1C(=O)NC2(CCCC2)C1=O)NC1c2ccccc2Oc2ccccc21. The highest BCUT2D eigenvalue weighted by atomic mass is 16.5. The molecule has 30 heavy (non-hydrogen) atoms. The van der Waals surface area contributed by atoms with Crippen LogP contribution in [0.25, 0.3) is 0 Å². The van der Waals surface area contributed by atoms with Gasteiger partial charge in [-0.05, 0) is 25.0 Å². The van der Waals surface area contributed by atoms with Crippen LogP contribution in [0.3, 0.4) is 0 Å². The normalized spacial score (nSPS) is 19.3. The van der Waals surface area contributed by atoms with E-state index in [4.69, 9.17) is 4.74 Å². The summed E-state index contributed by atoms with van der Waals surface area (Å²) in [4.78, 5) is 39.1. The second-order valence-corrected chi connectivity index (χ2v) is 8.10. The lowest BCUT2D eigenvalue weighted by Gasteiger charge is -2.29. The van der Waals surface area contributed by atoms with Gasteiger partial charge in [0.05, 0.1) is 6.04 Å². The second-order valence-electron chi connectivity index (χ2n) is 8.10. The van der Waals surface area contributed by atoms with Crippen LogP contribution >= 0.6 is 0 Å². The van der Waals surface area contributed by atoms with Crippen molar-refractivity contribution in [2.45, 2.75) is 43.7 Å². The van der Waals surface area contributed by atoms with Gasteiger partial charge in [-0.2, -0.15) is 0 Å². The second kappa shape index (κ2) is 7.16. The third-order valence-electron chi connectivity index (χ3n) is 6.25. The molecule has 2 N–H and O–H groups in total. The van der Waals surface area contributed by atoms with Crippen molar-refractivity contribution < 1.29 is 19.1 Å². The zero-order chi connectivity index (χ0) is 20.7. The monoisotopic (exact) mass is 405 g/mol. The van der Waals surface area contributed by atoms with Gasteiger partial charge in [0.25, 0.3) is 5.91 Å². The Balaban J connectivity index is 1.30. The van der Waals surface area contributed by atoms with Crippen molar-refractivity contribution in [2.75, 3.05) is 6.54 Å². The van der Waals surface area contributed by atoms with Crippen LogP contribution < -0.4 is 15.4 Å². The molecule has 1 spiro atoms. The molecule has 0 radical (unpaired) electrons. The summed E-state index contributed by atoms with van der Waals surface area (Å²) >= 11 is 0. The van der Waals surface area contributed by atoms with E-state index in [2.05, 4.69) is 10.6 Å². The number of fused-ring (bicyclic) bond motifs is 2. The highest BCUT2D eigenvalue weighted by molar-refractivity contribution is 6.07. The lowest BCUT2D eigenvalue weighted by atomic mass is 9.94. The van der Waals surface area contributed by atoms with Crippen LogP contribution in [-0.2, 0) is 9.59 Å². The van der Waals surface area contributed by atoms with Gasteiger partial charge in [0, 0.05) is 24.1 Å². The molecule has 2 aliphatic heterocycles. The maximum atomic E-state index is 12.8. The van der Waals surface area contributed by atoms with Crippen molar-refractivity contribution in [3.63, 3.8) is 0 Å². The molecular formula is C23H23N3O4. The molecule has 7 heteroatoms. The van der Waals surface area contributed by atoms with Crippen molar-refractivity contribution in [1.29, 1.82) is 0 Å². The largest absolute Gasteiger partial charge is 0.457 e. The molecule has 1 saturated carbocycles. The van der Waals surface area contributed by atoms with Gasteiger partial charge in [0.2, 0.25) is 5.91 Å². The van der Waals surface area contributed by atoms with Crippen LogP contribution in [0, 0.1) is 0 Å². The number of rotatable bonds is 4. The number of hydrogen-bond acceptors (Lipinski definition) is 4. The predicted molar refractivity (Wildman–Crippen MR) is 109 cm³/mol. The maximum absolute atomic E-state index is 12.8. The van der Waals surface area contributed by atoms with Crippen molar-refractivity contribution in [2.24, 2.45) is 0 Å². The van der Waals surface area contributed by atoms with E-state index in [-0.39, 0.29) is 30.8 Å². The number of nitrogens with zero attached hydrogens (tertiary/aromatic N) is 1. The number of nitrogens with one attached hydrogen (secondary N) is 2. The lowest BCUT2D eigenvalue weighted by molar-refractivity contribution is -0.131. The van der Waals surface area contributed by atoms with E-state index >= 15 is 0 Å². The Morgan fingerprint density at radius 2 is 1.63 bits per heavy atom. The first-order valence-electron chi connectivity index (χ1n) is 10.4. The molecule has 0 unspecified atom stereocenters. The highest BCUT2D eigenvalue weighted by Crippen LogP contribution is 2.42. The summed E-state index contributed by atoms with van der Waals surface area (Å²) in [5.41, 5.74) is 1.01. The Bertz CT molecular complexity index is 983. The Labute approximate surface area is 174 Å². The van der Waals surface area contributed by atoms with E-state index in [1.807, 2.05) is 48.5 Å². The molecule has 3 aliphatic rings. The van der Waals surface area contributed by atoms with Crippen LogP contribution in [0.2, 0.25) is 0 Å². The van der Waals surface area contributed by atoms with Gasteiger partial charge in [0.15, 0.2) is 0 Å². The maximum Gasteiger partial charge on any atom is 0.325 e. The van der Waals surface area contributed by atoms with Gasteiger partial charge in [-0.25, -0.2) is 4.79 Å². The Morgan fingerprint density at radius 3 is 2.27 bits per heavy atom. The number of amides is 4. The average Bonchev–Trinajstić information content (AvgIpc) is 3.31. The number of benzene rings is 2. The molecule has 1 saturated heterocycles. The van der Waals surface area contributed by atoms with E-state index in [9.17, 15) is 14.4 Å². The molecule has 2 fully saturated rings. The summed E-state index contributed by atoms with van der Waals surface area (Å²) in [6.45, 7) is 0.0742. The van der Waals surface area contributed by atoms with Crippen LogP contribution in [0.4, 0.5) is 4.79 Å². The fourth-order valence-electron chi connectivity index (χ4n) is 4.71. The number of carbonyl (C=O) groups excluding carboxylic acids is 3. The molecule has 4 amide bonds. The minimum Gasteiger partial charge on any atom is -0.457 e. The number of urea groups is 1. The number of para-hydroxylation sites is 2. The molecule has 1 aliphatic carbocycles. The Morgan fingerprint density at radius 1 is 1.03 bits per heavy atom. The predicted octanol–water partition coefficient (Wildman–Crippen LogP) is 3.25. The summed E-state index contributed by atoms with van der Waals surface area (Å²) in [5.74, 6) is 0.997. The number of imide groups is 1. The van der Waals surface area contributed by atoms with Gasteiger partial charge in [-0.15, -0.1) is 0 Å². The van der Waals surface area contributed by atoms with Crippen LogP contribution in [-0.4, -0.2) is 34.8 Å². The summed E-state index contributed by atoms with van der Waals surface area (Å²) in [6, 6.07) is 14.5. The van der Waals surface area contributed by atoms with Crippen LogP contribution in [0.1, 0.15) is 49.3 Å². The molecule has 2 heterocycles. The number of carbonyl (C=O) groups is 3. The summed E-state index contributed by atoms with van der Waals surface area (Å²) in [7, 11) is 0. The quantitative estimate of drug-likeness (QED) is 0.765. The summed E-state index contributed by atoms with van der Waals surface area (Å²) < 4.78 is 5.96. The topological polar surface area (TPSA) is 87.7 Å². The van der Waals surface area contributed by atoms with E-state index < -0.39 is 11.6 Å². The van der Waals surface area contributed by atoms with Gasteiger partial charge in [-0.3, -0.25) is 14.5 Å². The van der Waals surface area contributed by atoms with E-state index in [1.54, 1.807) is 0 Å². The molecule has 5 rings (SSSR count). The fourth-order valence-corrected chi connectivity index (χ4v) is 4.71. The zero-order valence-corrected chi connectivity index (χ0v) is 16.5. The van der Waals surface area contributed by atoms with Crippen molar-refractivity contribution >= 4 is 17.8 Å². The first-order valence-corrected chi connectivity index (χ1v) is 10.4. The van der Waals surface area contributed by atoms with Gasteiger partial charge < -0.3 is 15.4 Å². The van der Waals surface area contributed by atoms with Gasteiger partial charge >= 0.3 is 6.03 Å². The van der Waals surface area contributed by atoms with Crippen LogP contribution in [0.15, 0.2) is 48.5 Å². The third-order valence-corrected chi connectivity index (χ3v) is 6.25. The summed E-state index contributed by atoms with van der Waals surface area (Å²) in [6.07, 6.45) is 3.27. The lowest BCUT2D eigenvalue weighted by Crippen LogP contribution is -2.44. The smallest absolute Gasteiger partial charge is 0.325 e. The molecule has 0 aromatic heterocycles. The van der Waals surface area contributed by atoms with E-state index in [0.29, 0.717) is 24.3 Å². The number of ether oxygens (including phenoxy) is 1. The Hall–Kier alpha value is -3.35. The van der Waals surface area contributed by atoms with Crippen molar-refractivity contribution in [3.8, 4) is 11.5 Å². The molecule has 0 bridgehead atoms. The first kappa shape index (κ1) is 18.7. The van der Waals surface area contributed by atoms with Gasteiger partial charge in [0.1, 0.15) is 17.0 Å². The highest BCUT2D eigenvalue weighted by Gasteiger charge is 2.52. The number of hydrogen-bond donors (Lipinski definition) is 2. The molecular weight excluding hydrogens is 382 g/mol. The van der Waals surface area contributed by atoms with E-state index in [0.717, 1.165) is 24.0 Å². The zero-order valence-electron chi connectivity index (χ0n) is 16.5. The van der Waals surface area contributed by atoms with Crippen molar-refractivity contribution in [1.82, 2.24) is 15.5 Å². The molecule has 0 atom stereocenters. The minimum absolute atomic E-state index is 0.0525. The minimum atomic E-state index is -0.744.